The van der Waals surface area contributed by atoms with Crippen LogP contribution in [0.25, 0.3) is 0 Å². The van der Waals surface area contributed by atoms with E-state index in [1.54, 1.807) is 0 Å². The van der Waals surface area contributed by atoms with Gasteiger partial charge in [-0.3, -0.25) is 19.7 Å². The number of carbonyl (C=O) groups is 3. The third-order valence-corrected chi connectivity index (χ3v) is 3.33. The number of hydrogen-bond donors (Lipinski definition) is 3. The second kappa shape index (κ2) is 5.83. The molecule has 0 spiro atoms. The van der Waals surface area contributed by atoms with Gasteiger partial charge in [-0.25, -0.2) is 0 Å². The van der Waals surface area contributed by atoms with Crippen molar-refractivity contribution in [3.8, 4) is 0 Å². The van der Waals surface area contributed by atoms with Crippen LogP contribution in [0.15, 0.2) is 30.3 Å². The summed E-state index contributed by atoms with van der Waals surface area (Å²) in [5.41, 5.74) is 6.45. The standard InChI is InChI=1S/C14H16N2O4/c15-11(7-12(17)18)14(20)16-13(19)10-6-9(10)8-4-2-1-3-5-8/h1-5,9-11H,6-7,15H2,(H,17,18)(H,16,19,20)/t9?,10?,11-/m0/s1. The molecular weight excluding hydrogens is 260 g/mol. The van der Waals surface area contributed by atoms with Crippen molar-refractivity contribution in [3.05, 3.63) is 35.9 Å². The molecule has 0 aliphatic heterocycles. The molecule has 6 heteroatoms. The van der Waals surface area contributed by atoms with E-state index < -0.39 is 24.3 Å². The molecule has 1 fully saturated rings. The predicted molar refractivity (Wildman–Crippen MR) is 70.7 cm³/mol. The van der Waals surface area contributed by atoms with Gasteiger partial charge in [0, 0.05) is 5.92 Å². The van der Waals surface area contributed by atoms with Crippen LogP contribution in [0.2, 0.25) is 0 Å². The molecule has 3 atom stereocenters. The van der Waals surface area contributed by atoms with E-state index in [4.69, 9.17) is 10.8 Å². The molecule has 1 aliphatic rings. The van der Waals surface area contributed by atoms with Gasteiger partial charge in [0.1, 0.15) is 0 Å². The minimum atomic E-state index is -1.20. The second-order valence-corrected chi connectivity index (χ2v) is 4.92. The van der Waals surface area contributed by atoms with E-state index in [0.29, 0.717) is 6.42 Å². The Labute approximate surface area is 116 Å². The fourth-order valence-corrected chi connectivity index (χ4v) is 2.14. The summed E-state index contributed by atoms with van der Waals surface area (Å²) in [6, 6.07) is 8.37. The van der Waals surface area contributed by atoms with Crippen molar-refractivity contribution in [3.63, 3.8) is 0 Å². The first-order chi connectivity index (χ1) is 9.49. The Kier molecular flexibility index (Phi) is 4.14. The van der Waals surface area contributed by atoms with E-state index in [1.165, 1.54) is 0 Å². The topological polar surface area (TPSA) is 109 Å². The minimum Gasteiger partial charge on any atom is -0.481 e. The van der Waals surface area contributed by atoms with Gasteiger partial charge < -0.3 is 10.8 Å². The number of imide groups is 1. The highest BCUT2D eigenvalue weighted by molar-refractivity contribution is 6.01. The van der Waals surface area contributed by atoms with E-state index in [9.17, 15) is 14.4 Å². The molecule has 2 rings (SSSR count). The number of rotatable bonds is 5. The summed E-state index contributed by atoms with van der Waals surface area (Å²) >= 11 is 0. The molecule has 20 heavy (non-hydrogen) atoms. The number of nitrogens with two attached hydrogens (primary N) is 1. The molecule has 1 saturated carbocycles. The number of carboxylic acid groups (broad SMARTS) is 1. The van der Waals surface area contributed by atoms with Gasteiger partial charge in [0.2, 0.25) is 11.8 Å². The summed E-state index contributed by atoms with van der Waals surface area (Å²) in [5.74, 6) is -2.41. The molecule has 4 N–H and O–H groups in total. The molecule has 0 heterocycles. The first-order valence-electron chi connectivity index (χ1n) is 6.36. The molecule has 1 aromatic rings. The zero-order valence-electron chi connectivity index (χ0n) is 10.8. The summed E-state index contributed by atoms with van der Waals surface area (Å²) in [5, 5.41) is 10.7. The molecule has 2 unspecified atom stereocenters. The largest absolute Gasteiger partial charge is 0.481 e. The maximum absolute atomic E-state index is 11.9. The molecule has 0 aromatic heterocycles. The molecule has 6 nitrogen and oxygen atoms in total. The maximum atomic E-state index is 11.9. The van der Waals surface area contributed by atoms with Gasteiger partial charge >= 0.3 is 5.97 Å². The van der Waals surface area contributed by atoms with Crippen LogP contribution in [0.5, 0.6) is 0 Å². The third-order valence-electron chi connectivity index (χ3n) is 3.33. The Bertz CT molecular complexity index is 529. The number of benzene rings is 1. The fraction of sp³-hybridized carbons (Fsp3) is 0.357. The lowest BCUT2D eigenvalue weighted by Crippen LogP contribution is -2.45. The lowest BCUT2D eigenvalue weighted by Gasteiger charge is -2.09. The van der Waals surface area contributed by atoms with Crippen LogP contribution in [-0.2, 0) is 14.4 Å². The number of aliphatic carboxylic acids is 1. The summed E-state index contributed by atoms with van der Waals surface area (Å²) in [4.78, 5) is 33.8. The van der Waals surface area contributed by atoms with Crippen molar-refractivity contribution in [1.82, 2.24) is 5.32 Å². The molecule has 2 amide bonds. The average Bonchev–Trinajstić information content (AvgIpc) is 3.19. The van der Waals surface area contributed by atoms with Crippen molar-refractivity contribution < 1.29 is 19.5 Å². The van der Waals surface area contributed by atoms with Crippen LogP contribution >= 0.6 is 0 Å². The first-order valence-corrected chi connectivity index (χ1v) is 6.36. The Morgan fingerprint density at radius 3 is 2.55 bits per heavy atom. The van der Waals surface area contributed by atoms with E-state index in [0.717, 1.165) is 5.56 Å². The van der Waals surface area contributed by atoms with E-state index in [1.807, 2.05) is 30.3 Å². The highest BCUT2D eigenvalue weighted by Gasteiger charge is 2.44. The molecule has 1 aromatic carbocycles. The van der Waals surface area contributed by atoms with Gasteiger partial charge in [-0.05, 0) is 17.9 Å². The molecular formula is C14H16N2O4. The van der Waals surface area contributed by atoms with E-state index in [-0.39, 0.29) is 17.7 Å². The highest BCUT2D eigenvalue weighted by atomic mass is 16.4. The Hall–Kier alpha value is -2.21. The SMILES string of the molecule is N[C@@H](CC(=O)O)C(=O)NC(=O)C1CC1c1ccccc1. The fourth-order valence-electron chi connectivity index (χ4n) is 2.14. The van der Waals surface area contributed by atoms with Crippen molar-refractivity contribution in [2.75, 3.05) is 0 Å². The first kappa shape index (κ1) is 14.2. The summed E-state index contributed by atoms with van der Waals surface area (Å²) in [6.45, 7) is 0. The Balaban J connectivity index is 1.85. The zero-order valence-corrected chi connectivity index (χ0v) is 10.8. The number of hydrogen-bond acceptors (Lipinski definition) is 4. The Morgan fingerprint density at radius 2 is 1.95 bits per heavy atom. The number of carbonyl (C=O) groups excluding carboxylic acids is 2. The van der Waals surface area contributed by atoms with Gasteiger partial charge in [-0.15, -0.1) is 0 Å². The predicted octanol–water partition coefficient (Wildman–Crippen LogP) is 0.235. The molecule has 0 radical (unpaired) electrons. The quantitative estimate of drug-likeness (QED) is 0.713. The van der Waals surface area contributed by atoms with E-state index in [2.05, 4.69) is 5.32 Å². The van der Waals surface area contributed by atoms with Gasteiger partial charge in [0.15, 0.2) is 0 Å². The van der Waals surface area contributed by atoms with Crippen LogP contribution in [0.1, 0.15) is 24.3 Å². The second-order valence-electron chi connectivity index (χ2n) is 4.92. The van der Waals surface area contributed by atoms with Crippen LogP contribution in [0.4, 0.5) is 0 Å². The average molecular weight is 276 g/mol. The van der Waals surface area contributed by atoms with Crippen molar-refractivity contribution in [1.29, 1.82) is 0 Å². The normalized spacial score (nSPS) is 21.9. The van der Waals surface area contributed by atoms with Crippen LogP contribution in [0, 0.1) is 5.92 Å². The smallest absolute Gasteiger partial charge is 0.305 e. The van der Waals surface area contributed by atoms with Gasteiger partial charge in [-0.1, -0.05) is 30.3 Å². The summed E-state index contributed by atoms with van der Waals surface area (Å²) in [7, 11) is 0. The molecule has 0 saturated heterocycles. The van der Waals surface area contributed by atoms with Gasteiger partial charge in [0.25, 0.3) is 0 Å². The minimum absolute atomic E-state index is 0.125. The number of carboxylic acids is 1. The van der Waals surface area contributed by atoms with Crippen LogP contribution < -0.4 is 11.1 Å². The third kappa shape index (κ3) is 3.42. The van der Waals surface area contributed by atoms with Crippen LogP contribution in [0.3, 0.4) is 0 Å². The van der Waals surface area contributed by atoms with Gasteiger partial charge in [0.05, 0.1) is 12.5 Å². The molecule has 1 aliphatic carbocycles. The van der Waals surface area contributed by atoms with Crippen molar-refractivity contribution >= 4 is 17.8 Å². The zero-order chi connectivity index (χ0) is 14.7. The monoisotopic (exact) mass is 276 g/mol. The van der Waals surface area contributed by atoms with E-state index >= 15 is 0 Å². The molecule has 0 bridgehead atoms. The van der Waals surface area contributed by atoms with Gasteiger partial charge in [-0.2, -0.15) is 0 Å². The van der Waals surface area contributed by atoms with Crippen molar-refractivity contribution in [2.45, 2.75) is 24.8 Å². The number of amides is 2. The lowest BCUT2D eigenvalue weighted by molar-refractivity contribution is -0.140. The number of nitrogens with one attached hydrogen (secondary N) is 1. The van der Waals surface area contributed by atoms with Crippen molar-refractivity contribution in [2.24, 2.45) is 11.7 Å². The maximum Gasteiger partial charge on any atom is 0.305 e. The van der Waals surface area contributed by atoms with Crippen LogP contribution in [-0.4, -0.2) is 28.9 Å². The Morgan fingerprint density at radius 1 is 1.30 bits per heavy atom. The summed E-state index contributed by atoms with van der Waals surface area (Å²) < 4.78 is 0. The molecule has 106 valence electrons. The lowest BCUT2D eigenvalue weighted by atomic mass is 10.1. The summed E-state index contributed by atoms with van der Waals surface area (Å²) in [6.07, 6.45) is 0.198. The highest BCUT2D eigenvalue weighted by Crippen LogP contribution is 2.47.